The maximum absolute atomic E-state index is 11.8. The fraction of sp³-hybridized carbons (Fsp3) is 1.00. The quantitative estimate of drug-likeness (QED) is 0.344. The van der Waals surface area contributed by atoms with Gasteiger partial charge in [0, 0.05) is 16.6 Å². The van der Waals surface area contributed by atoms with Crippen LogP contribution >= 0.6 is 0 Å². The van der Waals surface area contributed by atoms with E-state index in [1.54, 1.807) is 0 Å². The van der Waals surface area contributed by atoms with Crippen molar-refractivity contribution in [2.45, 2.75) is 71.1 Å². The first-order valence-electron chi connectivity index (χ1n) is 8.61. The molecule has 0 spiro atoms. The molecule has 122 valence electrons. The minimum atomic E-state index is -0.595. The molecule has 0 aliphatic rings. The van der Waals surface area contributed by atoms with Gasteiger partial charge in [0.1, 0.15) is 0 Å². The monoisotopic (exact) mass is 304 g/mol. The van der Waals surface area contributed by atoms with E-state index in [4.69, 9.17) is 0 Å². The van der Waals surface area contributed by atoms with Crippen LogP contribution < -0.4 is 0 Å². The Morgan fingerprint density at radius 3 is 1.60 bits per heavy atom. The summed E-state index contributed by atoms with van der Waals surface area (Å²) in [5.41, 5.74) is 0. The fourth-order valence-electron chi connectivity index (χ4n) is 2.23. The third-order valence-corrected chi connectivity index (χ3v) is 5.10. The molecule has 0 aromatic rings. The van der Waals surface area contributed by atoms with Crippen LogP contribution in [0.4, 0.5) is 0 Å². The molecule has 0 aliphatic carbocycles. The Bertz CT molecular complexity index is 236. The SMILES string of the molecule is CCCCCCCCCCCCS(=O)CC[N+](C)(C)C. The van der Waals surface area contributed by atoms with E-state index in [9.17, 15) is 4.21 Å². The normalized spacial score (nSPS) is 13.6. The van der Waals surface area contributed by atoms with E-state index in [2.05, 4.69) is 28.1 Å². The summed E-state index contributed by atoms with van der Waals surface area (Å²) in [6, 6.07) is 0. The van der Waals surface area contributed by atoms with E-state index >= 15 is 0 Å². The van der Waals surface area contributed by atoms with Gasteiger partial charge in [-0.15, -0.1) is 0 Å². The molecular formula is C17H38NOS+. The molecule has 0 aliphatic heterocycles. The Morgan fingerprint density at radius 2 is 1.15 bits per heavy atom. The van der Waals surface area contributed by atoms with Gasteiger partial charge in [-0.3, -0.25) is 4.21 Å². The van der Waals surface area contributed by atoms with E-state index in [-0.39, 0.29) is 0 Å². The second-order valence-corrected chi connectivity index (χ2v) is 8.74. The average Bonchev–Trinajstić information content (AvgIpc) is 2.38. The third kappa shape index (κ3) is 16.2. The lowest BCUT2D eigenvalue weighted by Gasteiger charge is -2.23. The maximum Gasteiger partial charge on any atom is 0.0897 e. The smallest absolute Gasteiger partial charge is 0.0897 e. The number of hydrogen-bond acceptors (Lipinski definition) is 1. The molecule has 0 saturated heterocycles. The van der Waals surface area contributed by atoms with Crippen molar-refractivity contribution in [2.24, 2.45) is 0 Å². The highest BCUT2D eigenvalue weighted by Gasteiger charge is 2.09. The topological polar surface area (TPSA) is 17.1 Å². The Morgan fingerprint density at radius 1 is 0.700 bits per heavy atom. The van der Waals surface area contributed by atoms with Crippen LogP contribution in [0.5, 0.6) is 0 Å². The molecule has 0 N–H and O–H groups in total. The molecule has 0 amide bonds. The van der Waals surface area contributed by atoms with Crippen LogP contribution in [0.3, 0.4) is 0 Å². The summed E-state index contributed by atoms with van der Waals surface area (Å²) in [4.78, 5) is 0. The summed E-state index contributed by atoms with van der Waals surface area (Å²) in [6.07, 6.45) is 13.5. The van der Waals surface area contributed by atoms with Crippen LogP contribution in [-0.4, -0.2) is 47.9 Å². The van der Waals surface area contributed by atoms with Crippen molar-refractivity contribution in [1.29, 1.82) is 0 Å². The fourth-order valence-corrected chi connectivity index (χ4v) is 3.71. The summed E-state index contributed by atoms with van der Waals surface area (Å²) in [7, 11) is 5.90. The maximum atomic E-state index is 11.8. The molecule has 0 fully saturated rings. The first-order valence-corrected chi connectivity index (χ1v) is 10.1. The molecule has 0 saturated carbocycles. The number of rotatable bonds is 14. The summed E-state index contributed by atoms with van der Waals surface area (Å²) < 4.78 is 12.7. The van der Waals surface area contributed by atoms with Gasteiger partial charge in [-0.25, -0.2) is 0 Å². The molecule has 2 nitrogen and oxygen atoms in total. The molecular weight excluding hydrogens is 266 g/mol. The van der Waals surface area contributed by atoms with Crippen LogP contribution in [0.1, 0.15) is 71.1 Å². The molecule has 0 aromatic carbocycles. The third-order valence-electron chi connectivity index (χ3n) is 3.72. The van der Waals surface area contributed by atoms with E-state index in [1.807, 2.05) is 0 Å². The number of nitrogens with zero attached hydrogens (tertiary/aromatic N) is 1. The Balaban J connectivity index is 3.21. The minimum Gasteiger partial charge on any atom is -0.330 e. The van der Waals surface area contributed by atoms with Crippen molar-refractivity contribution < 1.29 is 8.69 Å². The summed E-state index contributed by atoms with van der Waals surface area (Å²) in [5, 5.41) is 0. The van der Waals surface area contributed by atoms with Crippen molar-refractivity contribution >= 4 is 10.8 Å². The van der Waals surface area contributed by atoms with Gasteiger partial charge in [-0.1, -0.05) is 64.7 Å². The van der Waals surface area contributed by atoms with Gasteiger partial charge in [0.05, 0.1) is 33.4 Å². The Hall–Kier alpha value is 0.110. The first-order chi connectivity index (χ1) is 9.45. The van der Waals surface area contributed by atoms with Crippen LogP contribution in [0.2, 0.25) is 0 Å². The van der Waals surface area contributed by atoms with E-state index in [1.165, 1.54) is 57.8 Å². The minimum absolute atomic E-state index is 0.595. The zero-order chi connectivity index (χ0) is 15.3. The lowest BCUT2D eigenvalue weighted by Crippen LogP contribution is -2.38. The second-order valence-electron chi connectivity index (χ2n) is 7.04. The van der Waals surface area contributed by atoms with E-state index in [0.717, 1.165) is 29.0 Å². The van der Waals surface area contributed by atoms with Crippen LogP contribution in [0.25, 0.3) is 0 Å². The number of hydrogen-bond donors (Lipinski definition) is 0. The van der Waals surface area contributed by atoms with Crippen LogP contribution in [-0.2, 0) is 10.8 Å². The highest BCUT2D eigenvalue weighted by molar-refractivity contribution is 7.84. The Kier molecular flexibility index (Phi) is 12.9. The van der Waals surface area contributed by atoms with Gasteiger partial charge in [-0.2, -0.15) is 0 Å². The molecule has 3 heteroatoms. The molecule has 20 heavy (non-hydrogen) atoms. The lowest BCUT2D eigenvalue weighted by atomic mass is 10.1. The van der Waals surface area contributed by atoms with Gasteiger partial charge < -0.3 is 4.48 Å². The summed E-state index contributed by atoms with van der Waals surface area (Å²) in [6.45, 7) is 3.29. The van der Waals surface area contributed by atoms with Crippen LogP contribution in [0, 0.1) is 0 Å². The van der Waals surface area contributed by atoms with E-state index in [0.29, 0.717) is 0 Å². The molecule has 0 aromatic heterocycles. The van der Waals surface area contributed by atoms with Gasteiger partial charge in [0.2, 0.25) is 0 Å². The molecule has 0 radical (unpaired) electrons. The second kappa shape index (κ2) is 12.8. The molecule has 0 heterocycles. The largest absolute Gasteiger partial charge is 0.330 e. The predicted molar refractivity (Wildman–Crippen MR) is 92.6 cm³/mol. The predicted octanol–water partition coefficient (Wildman–Crippen LogP) is 4.36. The van der Waals surface area contributed by atoms with Crippen molar-refractivity contribution in [3.63, 3.8) is 0 Å². The molecule has 1 unspecified atom stereocenters. The van der Waals surface area contributed by atoms with Crippen LogP contribution in [0.15, 0.2) is 0 Å². The molecule has 1 atom stereocenters. The van der Waals surface area contributed by atoms with Crippen molar-refractivity contribution in [3.05, 3.63) is 0 Å². The zero-order valence-corrected chi connectivity index (χ0v) is 15.3. The van der Waals surface area contributed by atoms with Crippen molar-refractivity contribution in [1.82, 2.24) is 0 Å². The van der Waals surface area contributed by atoms with E-state index < -0.39 is 10.8 Å². The average molecular weight is 305 g/mol. The van der Waals surface area contributed by atoms with Gasteiger partial charge in [0.15, 0.2) is 0 Å². The van der Waals surface area contributed by atoms with Gasteiger partial charge >= 0.3 is 0 Å². The standard InChI is InChI=1S/C17H38NOS/c1-5-6-7-8-9-10-11-12-13-14-16-20(19)17-15-18(2,3)4/h5-17H2,1-4H3/q+1. The summed E-state index contributed by atoms with van der Waals surface area (Å²) >= 11 is 0. The first kappa shape index (κ1) is 20.1. The van der Waals surface area contributed by atoms with Gasteiger partial charge in [0.25, 0.3) is 0 Å². The number of unbranched alkanes of at least 4 members (excludes halogenated alkanes) is 9. The van der Waals surface area contributed by atoms with Crippen molar-refractivity contribution in [2.75, 3.05) is 39.2 Å². The summed E-state index contributed by atoms with van der Waals surface area (Å²) in [5.74, 6) is 1.78. The zero-order valence-electron chi connectivity index (χ0n) is 14.5. The highest BCUT2D eigenvalue weighted by atomic mass is 32.2. The van der Waals surface area contributed by atoms with Gasteiger partial charge in [-0.05, 0) is 6.42 Å². The lowest BCUT2D eigenvalue weighted by molar-refractivity contribution is -0.867. The number of quaternary nitrogens is 1. The molecule has 0 rings (SSSR count). The molecule has 0 bridgehead atoms. The van der Waals surface area contributed by atoms with Crippen molar-refractivity contribution in [3.8, 4) is 0 Å². The Labute approximate surface area is 130 Å². The highest BCUT2D eigenvalue weighted by Crippen LogP contribution is 2.10.